The third-order valence-electron chi connectivity index (χ3n) is 5.08. The van der Waals surface area contributed by atoms with Gasteiger partial charge in [-0.3, -0.25) is 14.4 Å². The molecule has 3 rings (SSSR count). The van der Waals surface area contributed by atoms with E-state index in [9.17, 15) is 4.79 Å². The third-order valence-corrected chi connectivity index (χ3v) is 5.08. The molecule has 27 heavy (non-hydrogen) atoms. The van der Waals surface area contributed by atoms with Crippen LogP contribution in [0.5, 0.6) is 0 Å². The van der Waals surface area contributed by atoms with Crippen LogP contribution in [-0.2, 0) is 18.4 Å². The summed E-state index contributed by atoms with van der Waals surface area (Å²) in [6.07, 6.45) is 3.84. The number of likely N-dealkylation sites (tertiary alicyclic amines) is 1. The van der Waals surface area contributed by atoms with E-state index in [1.165, 1.54) is 16.7 Å². The van der Waals surface area contributed by atoms with E-state index in [1.54, 1.807) is 0 Å². The number of carbonyl (C=O) groups is 1. The molecule has 2 heterocycles. The third kappa shape index (κ3) is 5.31. The lowest BCUT2D eigenvalue weighted by Crippen LogP contribution is -2.43. The molecule has 1 aliphatic rings. The normalized spacial score (nSPS) is 17.4. The monoisotopic (exact) mass is 391 g/mol. The predicted octanol–water partition coefficient (Wildman–Crippen LogP) is 2.10. The summed E-state index contributed by atoms with van der Waals surface area (Å²) < 4.78 is 1.91. The van der Waals surface area contributed by atoms with Crippen LogP contribution < -0.4 is 11.1 Å². The van der Waals surface area contributed by atoms with E-state index in [2.05, 4.69) is 46.5 Å². The molecule has 0 aliphatic carbocycles. The molecule has 1 unspecified atom stereocenters. The molecule has 1 aromatic carbocycles. The highest BCUT2D eigenvalue weighted by Gasteiger charge is 2.26. The Morgan fingerprint density at radius 2 is 2.19 bits per heavy atom. The number of hydrogen-bond donors (Lipinski definition) is 2. The van der Waals surface area contributed by atoms with Crippen LogP contribution in [0.25, 0.3) is 11.3 Å². The summed E-state index contributed by atoms with van der Waals surface area (Å²) in [5.41, 5.74) is 10.4. The number of hydrogen-bond acceptors (Lipinski definition) is 4. The fraction of sp³-hybridized carbons (Fsp3) is 0.500. The predicted molar refractivity (Wildman–Crippen MR) is 111 cm³/mol. The second kappa shape index (κ2) is 9.88. The van der Waals surface area contributed by atoms with Gasteiger partial charge in [-0.15, -0.1) is 12.4 Å². The Morgan fingerprint density at radius 3 is 2.89 bits per heavy atom. The van der Waals surface area contributed by atoms with Gasteiger partial charge < -0.3 is 11.1 Å². The average Bonchev–Trinajstić information content (AvgIpc) is 3.07. The minimum atomic E-state index is 0. The number of halogens is 1. The van der Waals surface area contributed by atoms with E-state index in [4.69, 9.17) is 5.73 Å². The Labute approximate surface area is 167 Å². The Kier molecular flexibility index (Phi) is 7.83. The van der Waals surface area contributed by atoms with E-state index in [0.29, 0.717) is 13.1 Å². The highest BCUT2D eigenvalue weighted by atomic mass is 35.5. The molecular formula is C20H30ClN5O. The van der Waals surface area contributed by atoms with Crippen molar-refractivity contribution in [2.75, 3.05) is 26.2 Å². The number of piperidine rings is 1. The number of rotatable bonds is 6. The van der Waals surface area contributed by atoms with Gasteiger partial charge >= 0.3 is 0 Å². The Morgan fingerprint density at radius 1 is 1.37 bits per heavy atom. The number of aryl methyl sites for hydroxylation is 2. The van der Waals surface area contributed by atoms with Crippen LogP contribution in [-0.4, -0.2) is 46.8 Å². The summed E-state index contributed by atoms with van der Waals surface area (Å²) in [6, 6.07) is 8.64. The van der Waals surface area contributed by atoms with Crippen LogP contribution in [0.4, 0.5) is 0 Å². The zero-order valence-electron chi connectivity index (χ0n) is 16.1. The van der Waals surface area contributed by atoms with E-state index in [0.717, 1.165) is 38.2 Å². The highest BCUT2D eigenvalue weighted by molar-refractivity contribution is 5.85. The van der Waals surface area contributed by atoms with Gasteiger partial charge in [0, 0.05) is 45.0 Å². The van der Waals surface area contributed by atoms with E-state index in [1.807, 2.05) is 17.9 Å². The summed E-state index contributed by atoms with van der Waals surface area (Å²) in [5, 5.41) is 7.25. The van der Waals surface area contributed by atoms with Gasteiger partial charge in [0.25, 0.3) is 0 Å². The molecule has 0 radical (unpaired) electrons. The fourth-order valence-electron chi connectivity index (χ4n) is 3.70. The van der Waals surface area contributed by atoms with Gasteiger partial charge in [0.15, 0.2) is 0 Å². The lowest BCUT2D eigenvalue weighted by molar-refractivity contribution is -0.126. The SMILES string of the molecule is Cc1ccc(CN2CCCC(C(=O)NCCN)C2)c(-c2ccnn2C)c1.Cl. The molecule has 1 aromatic heterocycles. The summed E-state index contributed by atoms with van der Waals surface area (Å²) in [5.74, 6) is 0.191. The van der Waals surface area contributed by atoms with Gasteiger partial charge in [-0.1, -0.05) is 17.7 Å². The lowest BCUT2D eigenvalue weighted by atomic mass is 9.95. The Balaban J connectivity index is 0.00000261. The number of nitrogens with two attached hydrogens (primary N) is 1. The first kappa shape index (κ1) is 21.4. The molecule has 7 heteroatoms. The van der Waals surface area contributed by atoms with Crippen LogP contribution in [0.1, 0.15) is 24.0 Å². The highest BCUT2D eigenvalue weighted by Crippen LogP contribution is 2.27. The summed E-state index contributed by atoms with van der Waals surface area (Å²) in [4.78, 5) is 14.7. The second-order valence-electron chi connectivity index (χ2n) is 7.15. The number of amides is 1. The number of benzene rings is 1. The molecule has 0 bridgehead atoms. The number of nitrogens with one attached hydrogen (secondary N) is 1. The fourth-order valence-corrected chi connectivity index (χ4v) is 3.70. The number of carbonyl (C=O) groups excluding carboxylic acids is 1. The van der Waals surface area contributed by atoms with Crippen LogP contribution in [0.2, 0.25) is 0 Å². The van der Waals surface area contributed by atoms with E-state index >= 15 is 0 Å². The molecule has 6 nitrogen and oxygen atoms in total. The molecule has 3 N–H and O–H groups in total. The van der Waals surface area contributed by atoms with Crippen molar-refractivity contribution in [3.63, 3.8) is 0 Å². The smallest absolute Gasteiger partial charge is 0.224 e. The average molecular weight is 392 g/mol. The standard InChI is InChI=1S/C20H29N5O.ClH/c1-15-5-6-16(18(12-15)19-7-9-23-24(19)2)13-25-11-3-4-17(14-25)20(26)22-10-8-21;/h5-7,9,12,17H,3-4,8,10-11,13-14,21H2,1-2H3,(H,22,26);1H. The summed E-state index contributed by atoms with van der Waals surface area (Å²) in [7, 11) is 1.97. The van der Waals surface area contributed by atoms with Crippen molar-refractivity contribution in [2.24, 2.45) is 18.7 Å². The maximum Gasteiger partial charge on any atom is 0.224 e. The van der Waals surface area contributed by atoms with Crippen LogP contribution in [0.15, 0.2) is 30.5 Å². The van der Waals surface area contributed by atoms with Gasteiger partial charge in [0.05, 0.1) is 11.6 Å². The Bertz CT molecular complexity index is 761. The Hall–Kier alpha value is -1.89. The second-order valence-corrected chi connectivity index (χ2v) is 7.15. The molecule has 1 amide bonds. The van der Waals surface area contributed by atoms with Crippen molar-refractivity contribution in [1.82, 2.24) is 20.0 Å². The maximum absolute atomic E-state index is 12.3. The summed E-state index contributed by atoms with van der Waals surface area (Å²) >= 11 is 0. The number of aromatic nitrogens is 2. The van der Waals surface area contributed by atoms with Gasteiger partial charge in [-0.05, 0) is 44.0 Å². The van der Waals surface area contributed by atoms with Crippen molar-refractivity contribution in [3.8, 4) is 11.3 Å². The zero-order valence-corrected chi connectivity index (χ0v) is 17.0. The minimum absolute atomic E-state index is 0. The topological polar surface area (TPSA) is 76.2 Å². The maximum atomic E-state index is 12.3. The molecule has 0 spiro atoms. The molecule has 1 atom stereocenters. The molecule has 1 aliphatic heterocycles. The quantitative estimate of drug-likeness (QED) is 0.790. The van der Waals surface area contributed by atoms with E-state index in [-0.39, 0.29) is 24.2 Å². The lowest BCUT2D eigenvalue weighted by Gasteiger charge is -2.32. The van der Waals surface area contributed by atoms with Gasteiger partial charge in [0.2, 0.25) is 5.91 Å². The van der Waals surface area contributed by atoms with Crippen molar-refractivity contribution in [1.29, 1.82) is 0 Å². The van der Waals surface area contributed by atoms with Crippen molar-refractivity contribution < 1.29 is 4.79 Å². The van der Waals surface area contributed by atoms with Gasteiger partial charge in [-0.2, -0.15) is 5.10 Å². The first-order chi connectivity index (χ1) is 12.6. The first-order valence-electron chi connectivity index (χ1n) is 9.36. The minimum Gasteiger partial charge on any atom is -0.355 e. The zero-order chi connectivity index (χ0) is 18.5. The van der Waals surface area contributed by atoms with Crippen LogP contribution >= 0.6 is 12.4 Å². The molecule has 0 saturated carbocycles. The molecule has 2 aromatic rings. The molecular weight excluding hydrogens is 362 g/mol. The van der Waals surface area contributed by atoms with Crippen LogP contribution in [0.3, 0.4) is 0 Å². The molecule has 1 fully saturated rings. The number of nitrogens with zero attached hydrogens (tertiary/aromatic N) is 3. The van der Waals surface area contributed by atoms with Gasteiger partial charge in [-0.25, -0.2) is 0 Å². The van der Waals surface area contributed by atoms with Crippen molar-refractivity contribution in [2.45, 2.75) is 26.3 Å². The summed E-state index contributed by atoms with van der Waals surface area (Å²) in [6.45, 7) is 5.83. The van der Waals surface area contributed by atoms with Crippen LogP contribution in [0, 0.1) is 12.8 Å². The molecule has 148 valence electrons. The van der Waals surface area contributed by atoms with E-state index < -0.39 is 0 Å². The largest absolute Gasteiger partial charge is 0.355 e. The first-order valence-corrected chi connectivity index (χ1v) is 9.36. The molecule has 1 saturated heterocycles. The van der Waals surface area contributed by atoms with Gasteiger partial charge in [0.1, 0.15) is 0 Å². The van der Waals surface area contributed by atoms with Crippen molar-refractivity contribution >= 4 is 18.3 Å². The van der Waals surface area contributed by atoms with Crippen molar-refractivity contribution in [3.05, 3.63) is 41.6 Å².